The molecule has 0 aliphatic heterocycles. The Bertz CT molecular complexity index is 777. The van der Waals surface area contributed by atoms with Crippen LogP contribution < -0.4 is 0 Å². The number of phosphoric acid groups is 1. The fourth-order valence-electron chi connectivity index (χ4n) is 2.61. The number of pyridine rings is 1. The van der Waals surface area contributed by atoms with Gasteiger partial charge in [0.15, 0.2) is 0 Å². The van der Waals surface area contributed by atoms with Crippen LogP contribution in [0.25, 0.3) is 10.9 Å². The number of rotatable bonds is 11. The summed E-state index contributed by atoms with van der Waals surface area (Å²) in [5.41, 5.74) is 1.84. The molecule has 26 heavy (non-hydrogen) atoms. The van der Waals surface area contributed by atoms with Crippen molar-refractivity contribution in [1.82, 2.24) is 4.98 Å². The highest BCUT2D eigenvalue weighted by molar-refractivity contribution is 7.47. The Kier molecular flexibility index (Phi) is 7.91. The van der Waals surface area contributed by atoms with Gasteiger partial charge >= 0.3 is 7.82 Å². The molecule has 0 aliphatic carbocycles. The Morgan fingerprint density at radius 1 is 1.23 bits per heavy atom. The predicted octanol–water partition coefficient (Wildman–Crippen LogP) is 4.45. The fraction of sp³-hybridized carbons (Fsp3) is 0.474. The minimum absolute atomic E-state index is 0.142. The summed E-state index contributed by atoms with van der Waals surface area (Å²) in [7, 11) is -3.96. The predicted molar refractivity (Wildman–Crippen MR) is 101 cm³/mol. The summed E-state index contributed by atoms with van der Waals surface area (Å²) < 4.78 is 21.2. The second-order valence-corrected chi connectivity index (χ2v) is 7.92. The lowest BCUT2D eigenvalue weighted by Crippen LogP contribution is -2.04. The van der Waals surface area contributed by atoms with Crippen LogP contribution in [0.4, 0.5) is 0 Å². The Labute approximate surface area is 154 Å². The number of carbonyl (C=O) groups is 1. The molecule has 7 heteroatoms. The van der Waals surface area contributed by atoms with Crippen LogP contribution in [-0.4, -0.2) is 28.4 Å². The zero-order chi connectivity index (χ0) is 19.0. The number of ketones is 1. The lowest BCUT2D eigenvalue weighted by atomic mass is 10.0. The highest BCUT2D eigenvalue weighted by Crippen LogP contribution is 2.44. The molecule has 1 heterocycles. The summed E-state index contributed by atoms with van der Waals surface area (Å²) in [4.78, 5) is 25.9. The molecule has 6 nitrogen and oxygen atoms in total. The van der Waals surface area contributed by atoms with E-state index in [1.165, 1.54) is 0 Å². The van der Waals surface area contributed by atoms with Gasteiger partial charge in [-0.3, -0.25) is 18.8 Å². The third-order valence-electron chi connectivity index (χ3n) is 3.75. The van der Waals surface area contributed by atoms with E-state index in [1.807, 2.05) is 30.3 Å². The Balaban J connectivity index is 1.65. The topological polar surface area (TPSA) is 85.7 Å². The number of nitrogens with zero attached hydrogens (tertiary/aromatic N) is 1. The molecule has 0 spiro atoms. The van der Waals surface area contributed by atoms with Gasteiger partial charge in [-0.25, -0.2) is 4.57 Å². The van der Waals surface area contributed by atoms with Crippen LogP contribution in [0.5, 0.6) is 0 Å². The average Bonchev–Trinajstić information content (AvgIpc) is 2.56. The first-order valence-corrected chi connectivity index (χ1v) is 10.4. The number of hydrogen-bond acceptors (Lipinski definition) is 5. The molecule has 0 amide bonds. The fourth-order valence-corrected chi connectivity index (χ4v) is 3.56. The molecule has 1 aromatic heterocycles. The maximum absolute atomic E-state index is 12.1. The summed E-state index contributed by atoms with van der Waals surface area (Å²) in [6, 6.07) is 9.82. The number of hydrogen-bond donors (Lipinski definition) is 1. The quantitative estimate of drug-likeness (QED) is 0.459. The van der Waals surface area contributed by atoms with Crippen LogP contribution in [0.1, 0.15) is 45.1 Å². The first kappa shape index (κ1) is 20.7. The summed E-state index contributed by atoms with van der Waals surface area (Å²) in [5.74, 6) is 0.166. The van der Waals surface area contributed by atoms with Crippen molar-refractivity contribution in [1.29, 1.82) is 0 Å². The first-order valence-electron chi connectivity index (χ1n) is 8.87. The highest BCUT2D eigenvalue weighted by Gasteiger charge is 2.22. The molecule has 1 unspecified atom stereocenters. The summed E-state index contributed by atoms with van der Waals surface area (Å²) in [6.45, 7) is 3.48. The van der Waals surface area contributed by atoms with Crippen molar-refractivity contribution in [3.05, 3.63) is 42.1 Å². The largest absolute Gasteiger partial charge is 0.472 e. The average molecular weight is 379 g/mol. The number of phosphoric ester groups is 1. The van der Waals surface area contributed by atoms with Crippen LogP contribution in [0, 0.1) is 0 Å². The van der Waals surface area contributed by atoms with E-state index in [1.54, 1.807) is 20.0 Å². The Morgan fingerprint density at radius 3 is 2.77 bits per heavy atom. The van der Waals surface area contributed by atoms with Gasteiger partial charge in [0.2, 0.25) is 0 Å². The van der Waals surface area contributed by atoms with E-state index in [2.05, 4.69) is 4.98 Å². The van der Waals surface area contributed by atoms with Crippen molar-refractivity contribution < 1.29 is 23.3 Å². The molecule has 2 aromatic rings. The first-order chi connectivity index (χ1) is 12.4. The molecule has 1 aromatic carbocycles. The third-order valence-corrected chi connectivity index (χ3v) is 4.94. The summed E-state index contributed by atoms with van der Waals surface area (Å²) in [5, 5.41) is 1.03. The minimum atomic E-state index is -3.96. The van der Waals surface area contributed by atoms with E-state index in [-0.39, 0.29) is 18.5 Å². The molecule has 1 N–H and O–H groups in total. The molecule has 0 fully saturated rings. The van der Waals surface area contributed by atoms with E-state index < -0.39 is 7.82 Å². The standard InChI is InChI=1S/C19H26NO5P/c1-15(2)25-26(22,23)24-11-7-3-4-9-18(21)13-16-12-17-8-5-6-10-19(17)20-14-16/h5-6,8,10,12,14-15H,3-4,7,9,11,13H2,1-2H3,(H,22,23). The lowest BCUT2D eigenvalue weighted by Gasteiger charge is -2.14. The van der Waals surface area contributed by atoms with E-state index in [4.69, 9.17) is 9.05 Å². The zero-order valence-corrected chi connectivity index (χ0v) is 16.2. The molecule has 0 bridgehead atoms. The van der Waals surface area contributed by atoms with Gasteiger partial charge < -0.3 is 4.89 Å². The van der Waals surface area contributed by atoms with Crippen LogP contribution in [0.15, 0.2) is 36.5 Å². The smallest absolute Gasteiger partial charge is 0.302 e. The van der Waals surface area contributed by atoms with Crippen LogP contribution in [-0.2, 0) is 24.8 Å². The molecule has 0 saturated carbocycles. The van der Waals surface area contributed by atoms with Crippen molar-refractivity contribution in [2.75, 3.05) is 6.61 Å². The van der Waals surface area contributed by atoms with Crippen LogP contribution in [0.2, 0.25) is 0 Å². The van der Waals surface area contributed by atoms with Gasteiger partial charge in [0.05, 0.1) is 18.2 Å². The maximum atomic E-state index is 12.1. The Hall–Kier alpha value is -1.59. The van der Waals surface area contributed by atoms with E-state index in [0.717, 1.165) is 29.3 Å². The normalized spacial score (nSPS) is 13.8. The summed E-state index contributed by atoms with van der Waals surface area (Å²) >= 11 is 0. The number of unbranched alkanes of at least 4 members (excludes halogenated alkanes) is 2. The molecule has 0 saturated heterocycles. The number of aromatic nitrogens is 1. The number of benzene rings is 1. The Morgan fingerprint density at radius 2 is 2.00 bits per heavy atom. The summed E-state index contributed by atoms with van der Waals surface area (Å²) in [6.07, 6.45) is 4.33. The number of para-hydroxylation sites is 1. The van der Waals surface area contributed by atoms with Gasteiger partial charge in [0, 0.05) is 24.4 Å². The van der Waals surface area contributed by atoms with Gasteiger partial charge in [-0.05, 0) is 44.4 Å². The van der Waals surface area contributed by atoms with Gasteiger partial charge in [-0.15, -0.1) is 0 Å². The van der Waals surface area contributed by atoms with Crippen molar-refractivity contribution in [2.45, 2.75) is 52.1 Å². The van der Waals surface area contributed by atoms with Gasteiger partial charge in [-0.1, -0.05) is 24.6 Å². The van der Waals surface area contributed by atoms with Crippen molar-refractivity contribution in [3.8, 4) is 0 Å². The minimum Gasteiger partial charge on any atom is -0.302 e. The molecule has 1 atom stereocenters. The van der Waals surface area contributed by atoms with Crippen molar-refractivity contribution >= 4 is 24.5 Å². The number of Topliss-reactive ketones (excluding diaryl/α,β-unsaturated/α-hetero) is 1. The van der Waals surface area contributed by atoms with Crippen LogP contribution in [0.3, 0.4) is 0 Å². The molecule has 142 valence electrons. The molecular weight excluding hydrogens is 353 g/mol. The van der Waals surface area contributed by atoms with Gasteiger partial charge in [0.25, 0.3) is 0 Å². The number of carbonyl (C=O) groups excluding carboxylic acids is 1. The monoisotopic (exact) mass is 379 g/mol. The SMILES string of the molecule is CC(C)OP(=O)(O)OCCCCCC(=O)Cc1cnc2ccccc2c1. The highest BCUT2D eigenvalue weighted by atomic mass is 31.2. The zero-order valence-electron chi connectivity index (χ0n) is 15.3. The maximum Gasteiger partial charge on any atom is 0.472 e. The van der Waals surface area contributed by atoms with Gasteiger partial charge in [0.1, 0.15) is 5.78 Å². The van der Waals surface area contributed by atoms with Crippen LogP contribution >= 0.6 is 7.82 Å². The van der Waals surface area contributed by atoms with E-state index >= 15 is 0 Å². The second-order valence-electron chi connectivity index (χ2n) is 6.52. The molecular formula is C19H26NO5P. The van der Waals surface area contributed by atoms with Gasteiger partial charge in [-0.2, -0.15) is 0 Å². The van der Waals surface area contributed by atoms with Crippen molar-refractivity contribution in [2.24, 2.45) is 0 Å². The second kappa shape index (κ2) is 9.93. The van der Waals surface area contributed by atoms with Crippen molar-refractivity contribution in [3.63, 3.8) is 0 Å². The lowest BCUT2D eigenvalue weighted by molar-refractivity contribution is -0.118. The van der Waals surface area contributed by atoms with E-state index in [9.17, 15) is 14.3 Å². The molecule has 2 rings (SSSR count). The van der Waals surface area contributed by atoms with E-state index in [0.29, 0.717) is 19.3 Å². The third kappa shape index (κ3) is 7.34. The molecule has 0 radical (unpaired) electrons. The molecule has 0 aliphatic rings. The number of fused-ring (bicyclic) bond motifs is 1.